The van der Waals surface area contributed by atoms with Crippen LogP contribution in [0.4, 0.5) is 11.4 Å². The Kier molecular flexibility index (Phi) is 4.99. The number of pyridine rings is 1. The van der Waals surface area contributed by atoms with Crippen LogP contribution in [0.15, 0.2) is 41.3 Å². The molecule has 9 heteroatoms. The van der Waals surface area contributed by atoms with E-state index in [-0.39, 0.29) is 11.3 Å². The minimum absolute atomic E-state index is 0.112. The summed E-state index contributed by atoms with van der Waals surface area (Å²) in [6, 6.07) is 7.48. The lowest BCUT2D eigenvalue weighted by Crippen LogP contribution is -2.38. The van der Waals surface area contributed by atoms with Crippen molar-refractivity contribution in [3.05, 3.63) is 52.4 Å². The van der Waals surface area contributed by atoms with Crippen LogP contribution in [0.1, 0.15) is 23.2 Å². The van der Waals surface area contributed by atoms with Gasteiger partial charge in [-0.15, -0.1) is 0 Å². The molecular formula is C17H19N3O5S. The average Bonchev–Trinajstić information content (AvgIpc) is 2.62. The Morgan fingerprint density at radius 2 is 2.04 bits per heavy atom. The first-order valence-corrected chi connectivity index (χ1v) is 9.70. The monoisotopic (exact) mass is 377 g/mol. The summed E-state index contributed by atoms with van der Waals surface area (Å²) in [7, 11) is -1.91. The van der Waals surface area contributed by atoms with E-state index in [0.29, 0.717) is 35.7 Å². The van der Waals surface area contributed by atoms with E-state index in [1.807, 2.05) is 0 Å². The van der Waals surface area contributed by atoms with Crippen LogP contribution in [-0.4, -0.2) is 38.7 Å². The largest absolute Gasteiger partial charge is 0.494 e. The van der Waals surface area contributed by atoms with Crippen molar-refractivity contribution in [3.8, 4) is 5.75 Å². The number of H-pyrrole nitrogens is 1. The highest BCUT2D eigenvalue weighted by atomic mass is 32.2. The smallest absolute Gasteiger partial charge is 0.257 e. The topological polar surface area (TPSA) is 109 Å². The second-order valence-electron chi connectivity index (χ2n) is 5.88. The lowest BCUT2D eigenvalue weighted by molar-refractivity contribution is 0.102. The third-order valence-electron chi connectivity index (χ3n) is 4.10. The van der Waals surface area contributed by atoms with Gasteiger partial charge in [0.2, 0.25) is 15.6 Å². The summed E-state index contributed by atoms with van der Waals surface area (Å²) < 4.78 is 31.3. The van der Waals surface area contributed by atoms with E-state index in [9.17, 15) is 18.0 Å². The van der Waals surface area contributed by atoms with Gasteiger partial charge in [-0.05, 0) is 31.0 Å². The molecule has 1 aliphatic heterocycles. The molecule has 0 aliphatic carbocycles. The first-order chi connectivity index (χ1) is 12.4. The number of methoxy groups -OCH3 is 1. The van der Waals surface area contributed by atoms with Crippen LogP contribution in [0.25, 0.3) is 0 Å². The SMILES string of the molecule is COc1cc(NC(=O)c2ccc(=O)[nH]c2)ccc1N1CCCCS1(=O)=O. The number of carbonyl (C=O) groups excluding carboxylic acids is 1. The molecule has 1 aliphatic rings. The summed E-state index contributed by atoms with van der Waals surface area (Å²) in [6.45, 7) is 0.405. The molecule has 0 atom stereocenters. The minimum Gasteiger partial charge on any atom is -0.494 e. The molecule has 2 heterocycles. The molecule has 1 aromatic heterocycles. The molecule has 2 N–H and O–H groups in total. The molecule has 0 radical (unpaired) electrons. The predicted molar refractivity (Wildman–Crippen MR) is 98.4 cm³/mol. The molecular weight excluding hydrogens is 358 g/mol. The summed E-state index contributed by atoms with van der Waals surface area (Å²) in [5.74, 6) is 0.0669. The number of hydrogen-bond acceptors (Lipinski definition) is 5. The number of hydrogen-bond donors (Lipinski definition) is 2. The number of nitrogens with one attached hydrogen (secondary N) is 2. The van der Waals surface area contributed by atoms with Gasteiger partial charge in [-0.3, -0.25) is 13.9 Å². The minimum atomic E-state index is -3.36. The van der Waals surface area contributed by atoms with Gasteiger partial charge in [0.15, 0.2) is 0 Å². The quantitative estimate of drug-likeness (QED) is 0.841. The van der Waals surface area contributed by atoms with E-state index < -0.39 is 15.9 Å². The fraction of sp³-hybridized carbons (Fsp3) is 0.294. The van der Waals surface area contributed by atoms with E-state index in [0.717, 1.165) is 6.42 Å². The number of anilines is 2. The normalized spacial score (nSPS) is 16.1. The van der Waals surface area contributed by atoms with Gasteiger partial charge in [-0.2, -0.15) is 0 Å². The van der Waals surface area contributed by atoms with Crippen molar-refractivity contribution in [2.75, 3.05) is 29.0 Å². The van der Waals surface area contributed by atoms with Gasteiger partial charge in [-0.25, -0.2) is 8.42 Å². The lowest BCUT2D eigenvalue weighted by Gasteiger charge is -2.29. The molecule has 1 saturated heterocycles. The number of aromatic nitrogens is 1. The summed E-state index contributed by atoms with van der Waals surface area (Å²) in [5.41, 5.74) is 0.909. The van der Waals surface area contributed by atoms with Crippen molar-refractivity contribution >= 4 is 27.3 Å². The standard InChI is InChI=1S/C17H19N3O5S/c1-25-15-10-13(19-17(22)12-4-7-16(21)18-11-12)5-6-14(15)20-8-2-3-9-26(20,23)24/h4-7,10-11H,2-3,8-9H2,1H3,(H,18,21)(H,19,22). The van der Waals surface area contributed by atoms with Crippen LogP contribution in [0, 0.1) is 0 Å². The number of ether oxygens (including phenoxy) is 1. The average molecular weight is 377 g/mol. The highest BCUT2D eigenvalue weighted by Crippen LogP contribution is 2.34. The van der Waals surface area contributed by atoms with Crippen molar-refractivity contribution < 1.29 is 17.9 Å². The van der Waals surface area contributed by atoms with Crippen LogP contribution in [0.3, 0.4) is 0 Å². The molecule has 138 valence electrons. The third kappa shape index (κ3) is 3.72. The maximum atomic E-state index is 12.3. The van der Waals surface area contributed by atoms with E-state index in [2.05, 4.69) is 10.3 Å². The van der Waals surface area contributed by atoms with Crippen LogP contribution in [0.5, 0.6) is 5.75 Å². The van der Waals surface area contributed by atoms with Crippen molar-refractivity contribution in [3.63, 3.8) is 0 Å². The van der Waals surface area contributed by atoms with Gasteiger partial charge < -0.3 is 15.0 Å². The van der Waals surface area contributed by atoms with Crippen molar-refractivity contribution in [2.24, 2.45) is 0 Å². The second kappa shape index (κ2) is 7.20. The Bertz CT molecular complexity index is 964. The van der Waals surface area contributed by atoms with Gasteiger partial charge in [0.05, 0.1) is 24.1 Å². The van der Waals surface area contributed by atoms with Crippen LogP contribution in [-0.2, 0) is 10.0 Å². The number of rotatable bonds is 4. The van der Waals surface area contributed by atoms with Gasteiger partial charge in [0, 0.05) is 30.6 Å². The highest BCUT2D eigenvalue weighted by molar-refractivity contribution is 7.92. The maximum Gasteiger partial charge on any atom is 0.257 e. The van der Waals surface area contributed by atoms with Crippen LogP contribution < -0.4 is 19.9 Å². The van der Waals surface area contributed by atoms with E-state index in [1.165, 1.54) is 29.7 Å². The van der Waals surface area contributed by atoms with E-state index >= 15 is 0 Å². The molecule has 0 saturated carbocycles. The molecule has 26 heavy (non-hydrogen) atoms. The zero-order valence-electron chi connectivity index (χ0n) is 14.2. The van der Waals surface area contributed by atoms with Crippen LogP contribution >= 0.6 is 0 Å². The van der Waals surface area contributed by atoms with Crippen LogP contribution in [0.2, 0.25) is 0 Å². The molecule has 3 rings (SSSR count). The first kappa shape index (κ1) is 18.0. The van der Waals surface area contributed by atoms with E-state index in [1.54, 1.807) is 18.2 Å². The lowest BCUT2D eigenvalue weighted by atomic mass is 10.2. The number of amides is 1. The number of carbonyl (C=O) groups is 1. The molecule has 0 spiro atoms. The molecule has 1 fully saturated rings. The Labute approximate surface area is 150 Å². The third-order valence-corrected chi connectivity index (χ3v) is 5.96. The Morgan fingerprint density at radius 1 is 1.23 bits per heavy atom. The molecule has 1 aromatic carbocycles. The van der Waals surface area contributed by atoms with E-state index in [4.69, 9.17) is 4.74 Å². The van der Waals surface area contributed by atoms with Gasteiger partial charge >= 0.3 is 0 Å². The molecule has 0 unspecified atom stereocenters. The van der Waals surface area contributed by atoms with Crippen molar-refractivity contribution in [1.82, 2.24) is 4.98 Å². The summed E-state index contributed by atoms with van der Waals surface area (Å²) in [4.78, 5) is 25.7. The first-order valence-electron chi connectivity index (χ1n) is 8.09. The van der Waals surface area contributed by atoms with Crippen molar-refractivity contribution in [2.45, 2.75) is 12.8 Å². The Hall–Kier alpha value is -2.81. The van der Waals surface area contributed by atoms with Gasteiger partial charge in [0.25, 0.3) is 5.91 Å². The Morgan fingerprint density at radius 3 is 2.69 bits per heavy atom. The number of aromatic amines is 1. The van der Waals surface area contributed by atoms with Crippen molar-refractivity contribution in [1.29, 1.82) is 0 Å². The fourth-order valence-electron chi connectivity index (χ4n) is 2.78. The second-order valence-corrected chi connectivity index (χ2v) is 7.89. The Balaban J connectivity index is 1.85. The molecule has 8 nitrogen and oxygen atoms in total. The number of nitrogens with zero attached hydrogens (tertiary/aromatic N) is 1. The van der Waals surface area contributed by atoms with Gasteiger partial charge in [0.1, 0.15) is 5.75 Å². The summed E-state index contributed by atoms with van der Waals surface area (Å²) >= 11 is 0. The zero-order valence-corrected chi connectivity index (χ0v) is 15.0. The molecule has 1 amide bonds. The fourth-order valence-corrected chi connectivity index (χ4v) is 4.42. The number of benzene rings is 1. The molecule has 0 bridgehead atoms. The predicted octanol–water partition coefficient (Wildman–Crippen LogP) is 1.57. The zero-order chi connectivity index (χ0) is 18.7. The summed E-state index contributed by atoms with van der Waals surface area (Å²) in [5, 5.41) is 2.69. The van der Waals surface area contributed by atoms with Gasteiger partial charge in [-0.1, -0.05) is 0 Å². The summed E-state index contributed by atoms with van der Waals surface area (Å²) in [6.07, 6.45) is 2.76. The highest BCUT2D eigenvalue weighted by Gasteiger charge is 2.28. The number of sulfonamides is 1. The molecule has 2 aromatic rings. The maximum absolute atomic E-state index is 12.3.